The molecular weight excluding hydrogens is 344 g/mol. The minimum absolute atomic E-state index is 0.0287. The molecule has 0 aliphatic heterocycles. The molecule has 1 heterocycles. The van der Waals surface area contributed by atoms with E-state index in [2.05, 4.69) is 10.5 Å². The second kappa shape index (κ2) is 7.75. The summed E-state index contributed by atoms with van der Waals surface area (Å²) in [7, 11) is 0. The van der Waals surface area contributed by atoms with Gasteiger partial charge >= 0.3 is 5.97 Å². The van der Waals surface area contributed by atoms with Crippen molar-refractivity contribution in [2.45, 2.75) is 20.8 Å². The van der Waals surface area contributed by atoms with Crippen LogP contribution in [0.4, 0.5) is 16.4 Å². The summed E-state index contributed by atoms with van der Waals surface area (Å²) in [5.74, 6) is -0.459. The molecule has 0 aliphatic carbocycles. The van der Waals surface area contributed by atoms with Crippen molar-refractivity contribution in [1.29, 1.82) is 0 Å². The maximum Gasteiger partial charge on any atom is 0.341 e. The van der Waals surface area contributed by atoms with Crippen LogP contribution in [0, 0.1) is 17.0 Å². The van der Waals surface area contributed by atoms with E-state index in [0.717, 1.165) is 4.88 Å². The minimum atomic E-state index is -0.475. The highest BCUT2D eigenvalue weighted by atomic mass is 32.1. The molecule has 0 saturated heterocycles. The number of benzene rings is 1. The lowest BCUT2D eigenvalue weighted by molar-refractivity contribution is -0.384. The topological polar surface area (TPSA) is 120 Å². The fourth-order valence-electron chi connectivity index (χ4n) is 2.23. The zero-order chi connectivity index (χ0) is 18.6. The number of anilines is 2. The van der Waals surface area contributed by atoms with Crippen molar-refractivity contribution in [3.8, 4) is 0 Å². The van der Waals surface area contributed by atoms with Crippen LogP contribution in [-0.4, -0.2) is 23.2 Å². The third kappa shape index (κ3) is 4.13. The number of non-ortho nitro benzene ring substituents is 1. The molecule has 9 heteroatoms. The Labute approximate surface area is 148 Å². The normalized spacial score (nSPS) is 11.2. The molecule has 2 rings (SSSR count). The molecular formula is C16H18N4O4S. The largest absolute Gasteiger partial charge is 0.462 e. The lowest BCUT2D eigenvalue weighted by Crippen LogP contribution is -2.08. The fraction of sp³-hybridized carbons (Fsp3) is 0.250. The first kappa shape index (κ1) is 18.4. The Morgan fingerprint density at radius 1 is 1.48 bits per heavy atom. The van der Waals surface area contributed by atoms with E-state index in [1.54, 1.807) is 32.9 Å². The molecule has 0 spiro atoms. The molecule has 0 radical (unpaired) electrons. The highest BCUT2D eigenvalue weighted by Gasteiger charge is 2.21. The second-order valence-corrected chi connectivity index (χ2v) is 6.18. The predicted molar refractivity (Wildman–Crippen MR) is 98.4 cm³/mol. The first-order valence-electron chi connectivity index (χ1n) is 7.46. The van der Waals surface area contributed by atoms with E-state index < -0.39 is 10.9 Å². The highest BCUT2D eigenvalue weighted by molar-refractivity contribution is 7.18. The first-order valence-corrected chi connectivity index (χ1v) is 8.27. The molecule has 25 heavy (non-hydrogen) atoms. The van der Waals surface area contributed by atoms with E-state index >= 15 is 0 Å². The molecule has 0 aliphatic rings. The number of esters is 1. The number of nitrogens with two attached hydrogens (primary N) is 1. The number of rotatable bonds is 6. The van der Waals surface area contributed by atoms with Crippen molar-refractivity contribution < 1.29 is 14.5 Å². The van der Waals surface area contributed by atoms with Crippen LogP contribution in [0.15, 0.2) is 29.4 Å². The summed E-state index contributed by atoms with van der Waals surface area (Å²) in [5.41, 5.74) is 10.8. The van der Waals surface area contributed by atoms with Crippen LogP contribution in [0.5, 0.6) is 0 Å². The fourth-order valence-corrected chi connectivity index (χ4v) is 3.23. The van der Waals surface area contributed by atoms with Crippen molar-refractivity contribution in [3.05, 3.63) is 50.4 Å². The number of nitro benzene ring substituents is 1. The maximum atomic E-state index is 12.0. The number of hydrogen-bond donors (Lipinski definition) is 2. The number of nitrogens with zero attached hydrogens (tertiary/aromatic N) is 2. The van der Waals surface area contributed by atoms with Gasteiger partial charge in [-0.2, -0.15) is 5.10 Å². The summed E-state index contributed by atoms with van der Waals surface area (Å²) >= 11 is 1.24. The smallest absolute Gasteiger partial charge is 0.341 e. The molecule has 0 fully saturated rings. The van der Waals surface area contributed by atoms with E-state index in [4.69, 9.17) is 10.5 Å². The average molecular weight is 362 g/mol. The van der Waals surface area contributed by atoms with Gasteiger partial charge in [0.25, 0.3) is 5.69 Å². The third-order valence-corrected chi connectivity index (χ3v) is 4.62. The van der Waals surface area contributed by atoms with Crippen molar-refractivity contribution in [2.75, 3.05) is 17.8 Å². The zero-order valence-electron chi connectivity index (χ0n) is 14.0. The maximum absolute atomic E-state index is 12.0. The van der Waals surface area contributed by atoms with Gasteiger partial charge in [0.15, 0.2) is 0 Å². The van der Waals surface area contributed by atoms with Crippen molar-refractivity contribution in [2.24, 2.45) is 5.10 Å². The number of nitrogens with one attached hydrogen (secondary N) is 1. The van der Waals surface area contributed by atoms with Gasteiger partial charge in [-0.1, -0.05) is 6.07 Å². The van der Waals surface area contributed by atoms with Gasteiger partial charge in [0.2, 0.25) is 0 Å². The van der Waals surface area contributed by atoms with Gasteiger partial charge in [-0.25, -0.2) is 4.79 Å². The van der Waals surface area contributed by atoms with E-state index in [0.29, 0.717) is 27.5 Å². The molecule has 0 unspecified atom stereocenters. The van der Waals surface area contributed by atoms with Crippen LogP contribution >= 0.6 is 11.3 Å². The second-order valence-electron chi connectivity index (χ2n) is 5.13. The lowest BCUT2D eigenvalue weighted by atomic mass is 10.1. The number of carbonyl (C=O) groups excluding carboxylic acids is 1. The molecule has 3 N–H and O–H groups in total. The van der Waals surface area contributed by atoms with Crippen LogP contribution in [0.3, 0.4) is 0 Å². The number of hydrogen-bond acceptors (Lipinski definition) is 8. The number of ether oxygens (including phenoxy) is 1. The highest BCUT2D eigenvalue weighted by Crippen LogP contribution is 2.31. The van der Waals surface area contributed by atoms with Crippen LogP contribution in [-0.2, 0) is 4.74 Å². The monoisotopic (exact) mass is 362 g/mol. The standard InChI is InChI=1S/C16H18N4O4S/c1-4-24-16(21)13-9(2)14(25-15(13)17)10(3)18-19-11-6-5-7-12(8-11)20(22)23/h5-8,19H,4,17H2,1-3H3/b18-10+. The van der Waals surface area contributed by atoms with Crippen molar-refractivity contribution in [3.63, 3.8) is 0 Å². The molecule has 132 valence electrons. The number of nitrogen functional groups attached to an aromatic ring is 1. The Balaban J connectivity index is 2.26. The van der Waals surface area contributed by atoms with Gasteiger partial charge in [-0.3, -0.25) is 15.5 Å². The Morgan fingerprint density at radius 3 is 2.84 bits per heavy atom. The summed E-state index contributed by atoms with van der Waals surface area (Å²) in [5, 5.41) is 15.4. The Morgan fingerprint density at radius 2 is 2.20 bits per heavy atom. The molecule has 2 aromatic rings. The number of carbonyl (C=O) groups is 1. The quantitative estimate of drug-likeness (QED) is 0.351. The SMILES string of the molecule is CCOC(=O)c1c(N)sc(/C(C)=N/Nc2cccc([N+](=O)[O-])c2)c1C. The van der Waals surface area contributed by atoms with E-state index in [-0.39, 0.29) is 12.3 Å². The number of thiophene rings is 1. The van der Waals surface area contributed by atoms with Crippen molar-refractivity contribution in [1.82, 2.24) is 0 Å². The summed E-state index contributed by atoms with van der Waals surface area (Å²) in [6.07, 6.45) is 0. The summed E-state index contributed by atoms with van der Waals surface area (Å²) in [6.45, 7) is 5.54. The van der Waals surface area contributed by atoms with Crippen LogP contribution < -0.4 is 11.2 Å². The van der Waals surface area contributed by atoms with E-state index in [9.17, 15) is 14.9 Å². The van der Waals surface area contributed by atoms with Gasteiger partial charge in [-0.15, -0.1) is 11.3 Å². The Kier molecular flexibility index (Phi) is 5.71. The molecule has 0 bridgehead atoms. The van der Waals surface area contributed by atoms with Crippen LogP contribution in [0.1, 0.15) is 34.6 Å². The average Bonchev–Trinajstić information content (AvgIpc) is 2.87. The first-order chi connectivity index (χ1) is 11.8. The Hall–Kier alpha value is -2.94. The van der Waals surface area contributed by atoms with Gasteiger partial charge in [-0.05, 0) is 32.4 Å². The molecule has 8 nitrogen and oxygen atoms in total. The van der Waals surface area contributed by atoms with Gasteiger partial charge in [0.05, 0.1) is 33.4 Å². The predicted octanol–water partition coefficient (Wildman–Crippen LogP) is 3.56. The van der Waals surface area contributed by atoms with Gasteiger partial charge in [0.1, 0.15) is 5.00 Å². The van der Waals surface area contributed by atoms with Gasteiger partial charge in [0, 0.05) is 12.1 Å². The van der Waals surface area contributed by atoms with Crippen LogP contribution in [0.25, 0.3) is 0 Å². The summed E-state index contributed by atoms with van der Waals surface area (Å²) in [4.78, 5) is 23.1. The minimum Gasteiger partial charge on any atom is -0.462 e. The molecule has 0 atom stereocenters. The van der Waals surface area contributed by atoms with Gasteiger partial charge < -0.3 is 10.5 Å². The zero-order valence-corrected chi connectivity index (χ0v) is 14.8. The number of nitro groups is 1. The van der Waals surface area contributed by atoms with E-state index in [1.807, 2.05) is 0 Å². The molecule has 0 amide bonds. The van der Waals surface area contributed by atoms with E-state index in [1.165, 1.54) is 23.5 Å². The van der Waals surface area contributed by atoms with Crippen molar-refractivity contribution >= 4 is 39.4 Å². The lowest BCUT2D eigenvalue weighted by Gasteiger charge is -2.04. The Bertz CT molecular complexity index is 845. The number of hydrazone groups is 1. The summed E-state index contributed by atoms with van der Waals surface area (Å²) in [6, 6.07) is 6.02. The van der Waals surface area contributed by atoms with Crippen LogP contribution in [0.2, 0.25) is 0 Å². The molecule has 1 aromatic heterocycles. The molecule has 0 saturated carbocycles. The summed E-state index contributed by atoms with van der Waals surface area (Å²) < 4.78 is 5.02. The third-order valence-electron chi connectivity index (χ3n) is 3.39. The molecule has 1 aromatic carbocycles.